The summed E-state index contributed by atoms with van der Waals surface area (Å²) < 4.78 is 10.7. The van der Waals surface area contributed by atoms with Gasteiger partial charge in [0.2, 0.25) is 0 Å². The van der Waals surface area contributed by atoms with E-state index in [0.717, 1.165) is 41.4 Å². The van der Waals surface area contributed by atoms with Gasteiger partial charge in [-0.1, -0.05) is 5.16 Å². The number of hydrogen-bond acceptors (Lipinski definition) is 8. The molecule has 10 heteroatoms. The second kappa shape index (κ2) is 10.7. The zero-order chi connectivity index (χ0) is 19.5. The van der Waals surface area contributed by atoms with Crippen molar-refractivity contribution in [2.24, 2.45) is 5.73 Å². The normalized spacial score (nSPS) is 17.4. The van der Waals surface area contributed by atoms with Crippen molar-refractivity contribution in [2.45, 2.75) is 38.0 Å². The van der Waals surface area contributed by atoms with E-state index in [0.29, 0.717) is 24.9 Å². The van der Waals surface area contributed by atoms with Crippen LogP contribution in [0, 0.1) is 0 Å². The first-order chi connectivity index (χ1) is 13.6. The van der Waals surface area contributed by atoms with E-state index >= 15 is 0 Å². The highest BCUT2D eigenvalue weighted by atomic mass is 35.5. The third-order valence-corrected chi connectivity index (χ3v) is 4.95. The van der Waals surface area contributed by atoms with Gasteiger partial charge in [-0.2, -0.15) is 0 Å². The van der Waals surface area contributed by atoms with Crippen molar-refractivity contribution in [3.05, 3.63) is 53.9 Å². The summed E-state index contributed by atoms with van der Waals surface area (Å²) in [5.41, 5.74) is 8.67. The number of aromatic nitrogens is 4. The van der Waals surface area contributed by atoms with Crippen molar-refractivity contribution in [1.82, 2.24) is 20.1 Å². The van der Waals surface area contributed by atoms with Gasteiger partial charge in [-0.15, -0.1) is 24.8 Å². The molecule has 0 unspecified atom stereocenters. The Balaban J connectivity index is 0.00000160. The van der Waals surface area contributed by atoms with Gasteiger partial charge in [0.05, 0.1) is 6.54 Å². The molecule has 0 aliphatic heterocycles. The van der Waals surface area contributed by atoms with Crippen molar-refractivity contribution in [3.63, 3.8) is 0 Å². The van der Waals surface area contributed by atoms with Crippen LogP contribution in [0.1, 0.15) is 36.0 Å². The number of ether oxygens (including phenoxy) is 1. The minimum absolute atomic E-state index is 0. The van der Waals surface area contributed by atoms with Crippen molar-refractivity contribution < 1.29 is 9.26 Å². The van der Waals surface area contributed by atoms with E-state index in [2.05, 4.69) is 20.1 Å². The van der Waals surface area contributed by atoms with Gasteiger partial charge in [0.25, 0.3) is 0 Å². The molecule has 162 valence electrons. The smallest absolute Gasteiger partial charge is 0.156 e. The van der Waals surface area contributed by atoms with Crippen LogP contribution in [-0.4, -0.2) is 40.3 Å². The predicted octanol–water partition coefficient (Wildman–Crippen LogP) is 3.36. The number of anilines is 1. The fourth-order valence-corrected chi connectivity index (χ4v) is 3.36. The molecule has 3 aromatic heterocycles. The van der Waals surface area contributed by atoms with Gasteiger partial charge in [-0.3, -0.25) is 4.98 Å². The van der Waals surface area contributed by atoms with E-state index in [1.807, 2.05) is 36.2 Å². The van der Waals surface area contributed by atoms with Crippen molar-refractivity contribution in [1.29, 1.82) is 0 Å². The average molecular weight is 453 g/mol. The average Bonchev–Trinajstić information content (AvgIpc) is 3.15. The van der Waals surface area contributed by atoms with Crippen LogP contribution in [0.5, 0.6) is 0 Å². The van der Waals surface area contributed by atoms with Crippen LogP contribution < -0.4 is 10.6 Å². The molecule has 0 saturated heterocycles. The number of nitrogens with two attached hydrogens (primary N) is 1. The Morgan fingerprint density at radius 1 is 1.23 bits per heavy atom. The van der Waals surface area contributed by atoms with Gasteiger partial charge >= 0.3 is 0 Å². The SMILES string of the molecule is COCc1nc(C2CC(N)C2)cc(N(C)Cc2cc(-c3cccnc3)no2)n1.Cl.Cl. The van der Waals surface area contributed by atoms with Gasteiger partial charge in [-0.25, -0.2) is 9.97 Å². The summed E-state index contributed by atoms with van der Waals surface area (Å²) in [5, 5.41) is 4.15. The Labute approximate surface area is 188 Å². The Morgan fingerprint density at radius 2 is 2.03 bits per heavy atom. The Kier molecular flexibility index (Phi) is 8.54. The number of methoxy groups -OCH3 is 1. The molecular weight excluding hydrogens is 427 g/mol. The summed E-state index contributed by atoms with van der Waals surface area (Å²) in [6.45, 7) is 0.918. The van der Waals surface area contributed by atoms with Gasteiger partial charge in [0.1, 0.15) is 18.1 Å². The first kappa shape index (κ1) is 24.0. The number of nitrogens with zero attached hydrogens (tertiary/aromatic N) is 5. The molecule has 0 atom stereocenters. The summed E-state index contributed by atoms with van der Waals surface area (Å²) in [7, 11) is 3.62. The van der Waals surface area contributed by atoms with Crippen molar-refractivity contribution in [2.75, 3.05) is 19.1 Å². The number of pyridine rings is 1. The minimum Gasteiger partial charge on any atom is -0.377 e. The molecule has 1 aliphatic rings. The third-order valence-electron chi connectivity index (χ3n) is 4.95. The Morgan fingerprint density at radius 3 is 2.70 bits per heavy atom. The number of rotatable bonds is 7. The molecule has 3 heterocycles. The third kappa shape index (κ3) is 5.46. The largest absolute Gasteiger partial charge is 0.377 e. The molecule has 30 heavy (non-hydrogen) atoms. The van der Waals surface area contributed by atoms with Crippen LogP contribution in [0.3, 0.4) is 0 Å². The molecule has 4 rings (SSSR count). The Hall–Kier alpha value is -2.26. The highest BCUT2D eigenvalue weighted by Gasteiger charge is 2.29. The molecule has 8 nitrogen and oxygen atoms in total. The van der Waals surface area contributed by atoms with E-state index in [-0.39, 0.29) is 30.9 Å². The molecule has 3 aromatic rings. The zero-order valence-corrected chi connectivity index (χ0v) is 18.5. The van der Waals surface area contributed by atoms with Crippen LogP contribution in [0.4, 0.5) is 5.82 Å². The molecular formula is C20H26Cl2N6O2. The molecule has 0 aromatic carbocycles. The molecule has 1 fully saturated rings. The van der Waals surface area contributed by atoms with E-state index in [9.17, 15) is 0 Å². The molecule has 1 saturated carbocycles. The maximum absolute atomic E-state index is 5.95. The molecule has 2 N–H and O–H groups in total. The molecule has 0 amide bonds. The van der Waals surface area contributed by atoms with Crippen LogP contribution in [0.15, 0.2) is 41.2 Å². The number of halogens is 2. The van der Waals surface area contributed by atoms with Crippen LogP contribution in [0.2, 0.25) is 0 Å². The Bertz CT molecular complexity index is 934. The lowest BCUT2D eigenvalue weighted by Gasteiger charge is -2.32. The molecule has 0 radical (unpaired) electrons. The first-order valence-corrected chi connectivity index (χ1v) is 9.32. The van der Waals surface area contributed by atoms with E-state index in [4.69, 9.17) is 15.0 Å². The quantitative estimate of drug-likeness (QED) is 0.581. The molecule has 0 spiro atoms. The predicted molar refractivity (Wildman–Crippen MR) is 119 cm³/mol. The van der Waals surface area contributed by atoms with E-state index in [1.165, 1.54) is 0 Å². The zero-order valence-electron chi connectivity index (χ0n) is 16.9. The summed E-state index contributed by atoms with van der Waals surface area (Å²) in [6, 6.07) is 8.06. The van der Waals surface area contributed by atoms with Gasteiger partial charge in [0, 0.05) is 61.9 Å². The first-order valence-electron chi connectivity index (χ1n) is 9.32. The van der Waals surface area contributed by atoms with E-state index in [1.54, 1.807) is 19.5 Å². The van der Waals surface area contributed by atoms with Gasteiger partial charge in [0.15, 0.2) is 11.6 Å². The van der Waals surface area contributed by atoms with Crippen LogP contribution in [-0.2, 0) is 17.9 Å². The minimum atomic E-state index is 0. The number of hydrogen-bond donors (Lipinski definition) is 1. The second-order valence-corrected chi connectivity index (χ2v) is 7.20. The second-order valence-electron chi connectivity index (χ2n) is 7.20. The van der Waals surface area contributed by atoms with E-state index < -0.39 is 0 Å². The highest BCUT2D eigenvalue weighted by molar-refractivity contribution is 5.85. The lowest BCUT2D eigenvalue weighted by molar-refractivity contribution is 0.177. The lowest BCUT2D eigenvalue weighted by Crippen LogP contribution is -2.35. The van der Waals surface area contributed by atoms with Crippen LogP contribution in [0.25, 0.3) is 11.3 Å². The summed E-state index contributed by atoms with van der Waals surface area (Å²) in [4.78, 5) is 15.4. The maximum Gasteiger partial charge on any atom is 0.156 e. The van der Waals surface area contributed by atoms with Crippen molar-refractivity contribution >= 4 is 30.6 Å². The topological polar surface area (TPSA) is 103 Å². The van der Waals surface area contributed by atoms with Gasteiger partial charge in [-0.05, 0) is 25.0 Å². The summed E-state index contributed by atoms with van der Waals surface area (Å²) >= 11 is 0. The lowest BCUT2D eigenvalue weighted by atomic mass is 9.78. The molecule has 1 aliphatic carbocycles. The monoisotopic (exact) mass is 452 g/mol. The van der Waals surface area contributed by atoms with Gasteiger partial charge < -0.3 is 19.9 Å². The van der Waals surface area contributed by atoms with Crippen molar-refractivity contribution in [3.8, 4) is 11.3 Å². The fraction of sp³-hybridized carbons (Fsp3) is 0.400. The maximum atomic E-state index is 5.95. The summed E-state index contributed by atoms with van der Waals surface area (Å²) in [5.74, 6) is 2.65. The van der Waals surface area contributed by atoms with Crippen LogP contribution >= 0.6 is 24.8 Å². The summed E-state index contributed by atoms with van der Waals surface area (Å²) in [6.07, 6.45) is 5.42. The fourth-order valence-electron chi connectivity index (χ4n) is 3.36. The standard InChI is InChI=1S/C20H24N6O2.2ClH/c1-26(11-16-8-18(25-28-16)13-4-3-5-22-10-13)20-9-17(14-6-15(21)7-14)23-19(24-20)12-27-2;;/h3-5,8-10,14-15H,6-7,11-12,21H2,1-2H3;2*1H. The molecule has 0 bridgehead atoms. The highest BCUT2D eigenvalue weighted by Crippen LogP contribution is 2.35.